The summed E-state index contributed by atoms with van der Waals surface area (Å²) in [6, 6.07) is 0. The number of hydrogen-bond acceptors (Lipinski definition) is 0. The number of hydrogen-bond donors (Lipinski definition) is 0. The minimum atomic E-state index is 0.917. The van der Waals surface area contributed by atoms with Gasteiger partial charge in [-0.15, -0.1) is 0 Å². The van der Waals surface area contributed by atoms with Crippen molar-refractivity contribution in [2.24, 2.45) is 17.8 Å². The lowest BCUT2D eigenvalue weighted by molar-refractivity contribution is 0.426. The Hall–Kier alpha value is -0.260. The van der Waals surface area contributed by atoms with Crippen LogP contribution in [0.2, 0.25) is 0 Å². The zero-order valence-corrected chi connectivity index (χ0v) is 6.77. The average molecular weight is 136 g/mol. The molecule has 2 saturated carbocycles. The van der Waals surface area contributed by atoms with Crippen LogP contribution in [-0.2, 0) is 0 Å². The van der Waals surface area contributed by atoms with Crippen molar-refractivity contribution in [1.82, 2.24) is 0 Å². The molecule has 2 aliphatic rings. The molecular formula is C10H16. The summed E-state index contributed by atoms with van der Waals surface area (Å²) < 4.78 is 0. The molecule has 0 nitrogen and oxygen atoms in total. The Kier molecular flexibility index (Phi) is 1.36. The second-order valence-corrected chi connectivity index (χ2v) is 4.04. The van der Waals surface area contributed by atoms with Gasteiger partial charge in [0, 0.05) is 0 Å². The first kappa shape index (κ1) is 6.45. The van der Waals surface area contributed by atoms with E-state index in [1.54, 1.807) is 5.57 Å². The topological polar surface area (TPSA) is 0 Å². The third-order valence-corrected chi connectivity index (χ3v) is 3.42. The molecule has 0 spiro atoms. The second-order valence-electron chi connectivity index (χ2n) is 4.04. The van der Waals surface area contributed by atoms with Gasteiger partial charge in [-0.05, 0) is 43.4 Å². The van der Waals surface area contributed by atoms with Crippen molar-refractivity contribution in [3.63, 3.8) is 0 Å². The molecule has 0 saturated heterocycles. The van der Waals surface area contributed by atoms with Crippen LogP contribution in [-0.4, -0.2) is 0 Å². The first-order valence-corrected chi connectivity index (χ1v) is 4.46. The Balaban J connectivity index is 2.19. The minimum absolute atomic E-state index is 0.917. The average Bonchev–Trinajstić information content (AvgIpc) is 2.40. The van der Waals surface area contributed by atoms with E-state index in [4.69, 9.17) is 0 Å². The van der Waals surface area contributed by atoms with Gasteiger partial charge < -0.3 is 0 Å². The van der Waals surface area contributed by atoms with Crippen molar-refractivity contribution in [3.05, 3.63) is 12.2 Å². The SMILES string of the molecule is C=C1CCC2CCC(C)C12. The minimum Gasteiger partial charge on any atom is -0.0996 e. The van der Waals surface area contributed by atoms with Gasteiger partial charge in [0.15, 0.2) is 0 Å². The normalized spacial score (nSPS) is 46.1. The van der Waals surface area contributed by atoms with Gasteiger partial charge in [-0.25, -0.2) is 0 Å². The molecule has 0 aromatic carbocycles. The van der Waals surface area contributed by atoms with Crippen LogP contribution in [0.15, 0.2) is 12.2 Å². The van der Waals surface area contributed by atoms with Crippen LogP contribution in [0, 0.1) is 17.8 Å². The van der Waals surface area contributed by atoms with E-state index < -0.39 is 0 Å². The smallest absolute Gasteiger partial charge is 0.0152 e. The van der Waals surface area contributed by atoms with Crippen molar-refractivity contribution in [2.45, 2.75) is 32.6 Å². The molecule has 0 aromatic rings. The molecule has 0 N–H and O–H groups in total. The van der Waals surface area contributed by atoms with Crippen LogP contribution < -0.4 is 0 Å². The van der Waals surface area contributed by atoms with E-state index in [0.29, 0.717) is 0 Å². The zero-order chi connectivity index (χ0) is 7.14. The van der Waals surface area contributed by atoms with Crippen molar-refractivity contribution in [2.75, 3.05) is 0 Å². The van der Waals surface area contributed by atoms with Crippen molar-refractivity contribution in [1.29, 1.82) is 0 Å². The van der Waals surface area contributed by atoms with E-state index >= 15 is 0 Å². The quantitative estimate of drug-likeness (QED) is 0.449. The molecule has 2 rings (SSSR count). The highest BCUT2D eigenvalue weighted by atomic mass is 14.4. The Bertz CT molecular complexity index is 157. The fourth-order valence-electron chi connectivity index (χ4n) is 2.90. The third-order valence-electron chi connectivity index (χ3n) is 3.42. The fraction of sp³-hybridized carbons (Fsp3) is 0.800. The maximum Gasteiger partial charge on any atom is -0.0152 e. The van der Waals surface area contributed by atoms with Gasteiger partial charge in [-0.2, -0.15) is 0 Å². The summed E-state index contributed by atoms with van der Waals surface area (Å²) >= 11 is 0. The molecular weight excluding hydrogens is 120 g/mol. The van der Waals surface area contributed by atoms with E-state index in [1.807, 2.05) is 0 Å². The van der Waals surface area contributed by atoms with Gasteiger partial charge in [0.1, 0.15) is 0 Å². The third kappa shape index (κ3) is 0.744. The van der Waals surface area contributed by atoms with Crippen LogP contribution in [0.1, 0.15) is 32.6 Å². The van der Waals surface area contributed by atoms with Crippen molar-refractivity contribution in [3.8, 4) is 0 Å². The Morgan fingerprint density at radius 3 is 2.80 bits per heavy atom. The van der Waals surface area contributed by atoms with Gasteiger partial charge in [-0.3, -0.25) is 0 Å². The predicted molar refractivity (Wildman–Crippen MR) is 43.8 cm³/mol. The molecule has 0 radical (unpaired) electrons. The van der Waals surface area contributed by atoms with Crippen LogP contribution in [0.5, 0.6) is 0 Å². The largest absolute Gasteiger partial charge is 0.0996 e. The van der Waals surface area contributed by atoms with E-state index in [-0.39, 0.29) is 0 Å². The van der Waals surface area contributed by atoms with Gasteiger partial charge in [0.05, 0.1) is 0 Å². The van der Waals surface area contributed by atoms with Crippen LogP contribution >= 0.6 is 0 Å². The molecule has 0 amide bonds. The van der Waals surface area contributed by atoms with E-state index in [2.05, 4.69) is 13.5 Å². The second kappa shape index (κ2) is 2.11. The molecule has 2 aliphatic carbocycles. The lowest BCUT2D eigenvalue weighted by Gasteiger charge is -2.14. The van der Waals surface area contributed by atoms with E-state index in [1.165, 1.54) is 25.7 Å². The van der Waals surface area contributed by atoms with E-state index in [0.717, 1.165) is 17.8 Å². The van der Waals surface area contributed by atoms with Gasteiger partial charge in [0.2, 0.25) is 0 Å². The van der Waals surface area contributed by atoms with Crippen molar-refractivity contribution >= 4 is 0 Å². The Morgan fingerprint density at radius 1 is 1.30 bits per heavy atom. The Labute approximate surface area is 63.3 Å². The first-order chi connectivity index (χ1) is 4.79. The summed E-state index contributed by atoms with van der Waals surface area (Å²) in [6.07, 6.45) is 5.69. The summed E-state index contributed by atoms with van der Waals surface area (Å²) in [5.41, 5.74) is 1.55. The van der Waals surface area contributed by atoms with E-state index in [9.17, 15) is 0 Å². The molecule has 3 atom stereocenters. The van der Waals surface area contributed by atoms with Crippen LogP contribution in [0.3, 0.4) is 0 Å². The van der Waals surface area contributed by atoms with Gasteiger partial charge >= 0.3 is 0 Å². The first-order valence-electron chi connectivity index (χ1n) is 4.46. The maximum absolute atomic E-state index is 4.15. The molecule has 0 aromatic heterocycles. The summed E-state index contributed by atoms with van der Waals surface area (Å²) in [5.74, 6) is 2.89. The molecule has 10 heavy (non-hydrogen) atoms. The monoisotopic (exact) mass is 136 g/mol. The molecule has 2 fully saturated rings. The maximum atomic E-state index is 4.15. The molecule has 56 valence electrons. The van der Waals surface area contributed by atoms with Crippen molar-refractivity contribution < 1.29 is 0 Å². The van der Waals surface area contributed by atoms with Gasteiger partial charge in [0.25, 0.3) is 0 Å². The standard InChI is InChI=1S/C10H16/c1-7-3-5-9-6-4-8(2)10(7)9/h8-10H,1,3-6H2,2H3. The van der Waals surface area contributed by atoms with Gasteiger partial charge in [-0.1, -0.05) is 19.1 Å². The molecule has 0 heterocycles. The van der Waals surface area contributed by atoms with Crippen LogP contribution in [0.4, 0.5) is 0 Å². The molecule has 0 bridgehead atoms. The highest BCUT2D eigenvalue weighted by molar-refractivity contribution is 5.12. The summed E-state index contributed by atoms with van der Waals surface area (Å²) in [5, 5.41) is 0. The van der Waals surface area contributed by atoms with Crippen LogP contribution in [0.25, 0.3) is 0 Å². The number of rotatable bonds is 0. The lowest BCUT2D eigenvalue weighted by Crippen LogP contribution is -2.06. The molecule has 0 aliphatic heterocycles. The lowest BCUT2D eigenvalue weighted by atomic mass is 9.91. The summed E-state index contributed by atoms with van der Waals surface area (Å²) in [7, 11) is 0. The molecule has 3 unspecified atom stereocenters. The zero-order valence-electron chi connectivity index (χ0n) is 6.77. The summed E-state index contributed by atoms with van der Waals surface area (Å²) in [6.45, 7) is 6.54. The highest BCUT2D eigenvalue weighted by Crippen LogP contribution is 2.49. The number of allylic oxidation sites excluding steroid dienone is 1. The predicted octanol–water partition coefficient (Wildman–Crippen LogP) is 3.00. The Morgan fingerprint density at radius 2 is 2.10 bits per heavy atom. The fourth-order valence-corrected chi connectivity index (χ4v) is 2.90. The number of fused-ring (bicyclic) bond motifs is 1. The highest BCUT2D eigenvalue weighted by Gasteiger charge is 2.38. The molecule has 0 heteroatoms. The summed E-state index contributed by atoms with van der Waals surface area (Å²) in [4.78, 5) is 0.